The van der Waals surface area contributed by atoms with Crippen molar-refractivity contribution in [3.05, 3.63) is 59.2 Å². The molecule has 1 unspecified atom stereocenters. The van der Waals surface area contributed by atoms with Crippen LogP contribution in [-0.4, -0.2) is 32.7 Å². The lowest BCUT2D eigenvalue weighted by atomic mass is 9.87. The van der Waals surface area contributed by atoms with Gasteiger partial charge >= 0.3 is 0 Å². The van der Waals surface area contributed by atoms with Crippen molar-refractivity contribution in [3.63, 3.8) is 0 Å². The molecule has 1 atom stereocenters. The number of nitrogens with zero attached hydrogens (tertiary/aromatic N) is 1. The van der Waals surface area contributed by atoms with Gasteiger partial charge in [0.15, 0.2) is 0 Å². The third-order valence-corrected chi connectivity index (χ3v) is 4.22. The van der Waals surface area contributed by atoms with E-state index in [1.807, 2.05) is 6.07 Å². The zero-order chi connectivity index (χ0) is 14.8. The molecule has 1 aliphatic rings. The number of rotatable bonds is 3. The Hall–Kier alpha value is -2.00. The lowest BCUT2D eigenvalue weighted by Gasteiger charge is -2.36. The average molecular weight is 283 g/mol. The van der Waals surface area contributed by atoms with Crippen molar-refractivity contribution in [2.24, 2.45) is 0 Å². The monoisotopic (exact) mass is 283 g/mol. The van der Waals surface area contributed by atoms with E-state index in [1.54, 1.807) is 14.2 Å². The van der Waals surface area contributed by atoms with Gasteiger partial charge < -0.3 is 9.47 Å². The minimum atomic E-state index is 0.232. The van der Waals surface area contributed by atoms with Gasteiger partial charge in [-0.3, -0.25) is 4.90 Å². The van der Waals surface area contributed by atoms with Gasteiger partial charge in [0.2, 0.25) is 0 Å². The normalized spacial score (nSPS) is 18.1. The van der Waals surface area contributed by atoms with Gasteiger partial charge in [0.25, 0.3) is 0 Å². The van der Waals surface area contributed by atoms with Crippen LogP contribution in [0.2, 0.25) is 0 Å². The second-order valence-electron chi connectivity index (χ2n) is 5.45. The predicted molar refractivity (Wildman–Crippen MR) is 84.2 cm³/mol. The van der Waals surface area contributed by atoms with Gasteiger partial charge in [-0.05, 0) is 30.7 Å². The van der Waals surface area contributed by atoms with E-state index >= 15 is 0 Å². The van der Waals surface area contributed by atoms with E-state index < -0.39 is 0 Å². The van der Waals surface area contributed by atoms with Crippen molar-refractivity contribution in [3.8, 4) is 11.5 Å². The van der Waals surface area contributed by atoms with E-state index in [2.05, 4.69) is 48.3 Å². The molecule has 0 aromatic heterocycles. The summed E-state index contributed by atoms with van der Waals surface area (Å²) in [4.78, 5) is 2.38. The fourth-order valence-electron chi connectivity index (χ4n) is 3.16. The summed E-state index contributed by atoms with van der Waals surface area (Å²) in [5, 5.41) is 0. The van der Waals surface area contributed by atoms with E-state index in [-0.39, 0.29) is 6.04 Å². The van der Waals surface area contributed by atoms with Crippen LogP contribution in [0, 0.1) is 0 Å². The number of fused-ring (bicyclic) bond motifs is 1. The molecule has 0 N–H and O–H groups in total. The lowest BCUT2D eigenvalue weighted by molar-refractivity contribution is 0.256. The lowest BCUT2D eigenvalue weighted by Crippen LogP contribution is -2.33. The Kier molecular flexibility index (Phi) is 3.84. The molecule has 0 radical (unpaired) electrons. The van der Waals surface area contributed by atoms with Crippen molar-refractivity contribution < 1.29 is 9.47 Å². The van der Waals surface area contributed by atoms with Crippen molar-refractivity contribution >= 4 is 0 Å². The molecule has 2 aromatic rings. The number of hydrogen-bond donors (Lipinski definition) is 0. The molecule has 3 nitrogen and oxygen atoms in total. The predicted octanol–water partition coefficient (Wildman–Crippen LogP) is 3.28. The van der Waals surface area contributed by atoms with Crippen LogP contribution in [0.25, 0.3) is 0 Å². The molecule has 0 amide bonds. The first kappa shape index (κ1) is 14.0. The van der Waals surface area contributed by atoms with E-state index in [1.165, 1.54) is 16.7 Å². The van der Waals surface area contributed by atoms with Crippen LogP contribution in [0.15, 0.2) is 42.5 Å². The Labute approximate surface area is 126 Å². The largest absolute Gasteiger partial charge is 0.497 e. The summed E-state index contributed by atoms with van der Waals surface area (Å²) in [6, 6.07) is 14.9. The van der Waals surface area contributed by atoms with E-state index in [9.17, 15) is 0 Å². The first-order chi connectivity index (χ1) is 10.2. The van der Waals surface area contributed by atoms with Crippen LogP contribution in [0.3, 0.4) is 0 Å². The van der Waals surface area contributed by atoms with Gasteiger partial charge in [-0.25, -0.2) is 0 Å². The molecule has 0 spiro atoms. The van der Waals surface area contributed by atoms with Gasteiger partial charge in [-0.15, -0.1) is 0 Å². The Bertz CT molecular complexity index is 607. The molecule has 2 aromatic carbocycles. The van der Waals surface area contributed by atoms with Gasteiger partial charge in [0, 0.05) is 18.2 Å². The van der Waals surface area contributed by atoms with Gasteiger partial charge in [0.1, 0.15) is 11.5 Å². The maximum atomic E-state index is 5.65. The maximum Gasteiger partial charge on any atom is 0.127 e. The van der Waals surface area contributed by atoms with Crippen LogP contribution in [0.1, 0.15) is 22.7 Å². The summed E-state index contributed by atoms with van der Waals surface area (Å²) < 4.78 is 11.0. The summed E-state index contributed by atoms with van der Waals surface area (Å²) in [6.07, 6.45) is 1.02. The Balaban J connectivity index is 2.17. The molecule has 0 aliphatic carbocycles. The van der Waals surface area contributed by atoms with E-state index in [0.29, 0.717) is 0 Å². The average Bonchev–Trinajstić information content (AvgIpc) is 2.54. The molecule has 0 saturated carbocycles. The molecule has 3 heteroatoms. The minimum Gasteiger partial charge on any atom is -0.497 e. The molecular weight excluding hydrogens is 262 g/mol. The van der Waals surface area contributed by atoms with Gasteiger partial charge in [-0.2, -0.15) is 0 Å². The highest BCUT2D eigenvalue weighted by Gasteiger charge is 2.29. The Morgan fingerprint density at radius 2 is 1.81 bits per heavy atom. The van der Waals surface area contributed by atoms with Crippen molar-refractivity contribution in [1.29, 1.82) is 0 Å². The number of methoxy groups -OCH3 is 2. The van der Waals surface area contributed by atoms with Crippen molar-refractivity contribution in [1.82, 2.24) is 4.90 Å². The second-order valence-corrected chi connectivity index (χ2v) is 5.45. The number of likely N-dealkylation sites (N-methyl/N-ethyl adjacent to an activating group) is 1. The first-order valence-electron chi connectivity index (χ1n) is 7.24. The quantitative estimate of drug-likeness (QED) is 0.863. The van der Waals surface area contributed by atoms with Gasteiger partial charge in [-0.1, -0.05) is 30.3 Å². The Morgan fingerprint density at radius 1 is 1.05 bits per heavy atom. The first-order valence-corrected chi connectivity index (χ1v) is 7.24. The van der Waals surface area contributed by atoms with E-state index in [0.717, 1.165) is 24.5 Å². The fraction of sp³-hybridized carbons (Fsp3) is 0.333. The third kappa shape index (κ3) is 2.49. The number of ether oxygens (including phenoxy) is 2. The summed E-state index contributed by atoms with van der Waals surface area (Å²) >= 11 is 0. The molecular formula is C18H21NO2. The summed E-state index contributed by atoms with van der Waals surface area (Å²) in [5.74, 6) is 1.77. The topological polar surface area (TPSA) is 21.7 Å². The highest BCUT2D eigenvalue weighted by molar-refractivity contribution is 5.52. The molecule has 21 heavy (non-hydrogen) atoms. The molecule has 0 saturated heterocycles. The zero-order valence-corrected chi connectivity index (χ0v) is 12.8. The molecule has 0 fully saturated rings. The van der Waals surface area contributed by atoms with Crippen LogP contribution in [0.5, 0.6) is 11.5 Å². The standard InChI is InChI=1S/C18H21NO2/c1-19-10-9-14-11-15(20-2)12-16(21-3)17(14)18(19)13-7-5-4-6-8-13/h4-8,11-12,18H,9-10H2,1-3H3. The molecule has 110 valence electrons. The Morgan fingerprint density at radius 3 is 2.48 bits per heavy atom. The minimum absolute atomic E-state index is 0.232. The molecule has 3 rings (SSSR count). The van der Waals surface area contributed by atoms with Gasteiger partial charge in [0.05, 0.1) is 20.3 Å². The third-order valence-electron chi connectivity index (χ3n) is 4.22. The van der Waals surface area contributed by atoms with Crippen LogP contribution in [0.4, 0.5) is 0 Å². The number of benzene rings is 2. The molecule has 1 aliphatic heterocycles. The maximum absolute atomic E-state index is 5.65. The smallest absolute Gasteiger partial charge is 0.127 e. The van der Waals surface area contributed by atoms with Crippen LogP contribution < -0.4 is 9.47 Å². The van der Waals surface area contributed by atoms with Crippen molar-refractivity contribution in [2.45, 2.75) is 12.5 Å². The molecule has 0 bridgehead atoms. The van der Waals surface area contributed by atoms with E-state index in [4.69, 9.17) is 9.47 Å². The fourth-order valence-corrected chi connectivity index (χ4v) is 3.16. The second kappa shape index (κ2) is 5.78. The summed E-state index contributed by atoms with van der Waals surface area (Å²) in [7, 11) is 5.60. The van der Waals surface area contributed by atoms with Crippen LogP contribution in [-0.2, 0) is 6.42 Å². The van der Waals surface area contributed by atoms with Crippen LogP contribution >= 0.6 is 0 Å². The molecule has 1 heterocycles. The highest BCUT2D eigenvalue weighted by atomic mass is 16.5. The highest BCUT2D eigenvalue weighted by Crippen LogP contribution is 2.41. The zero-order valence-electron chi connectivity index (χ0n) is 12.8. The van der Waals surface area contributed by atoms with Crippen molar-refractivity contribution in [2.75, 3.05) is 27.8 Å². The SMILES string of the molecule is COc1cc2c(c(OC)c1)C(c1ccccc1)N(C)CC2. The summed E-state index contributed by atoms with van der Waals surface area (Å²) in [5.41, 5.74) is 3.88. The number of hydrogen-bond acceptors (Lipinski definition) is 3. The summed E-state index contributed by atoms with van der Waals surface area (Å²) in [6.45, 7) is 1.03.